The van der Waals surface area contributed by atoms with E-state index in [1.165, 1.54) is 17.8 Å². The third kappa shape index (κ3) is 3.90. The Labute approximate surface area is 149 Å². The highest BCUT2D eigenvalue weighted by atomic mass is 35.7. The minimum absolute atomic E-state index is 0.0270. The Balaban J connectivity index is 2.36. The highest BCUT2D eigenvalue weighted by Gasteiger charge is 2.39. The van der Waals surface area contributed by atoms with Crippen molar-refractivity contribution in [2.24, 2.45) is 5.92 Å². The van der Waals surface area contributed by atoms with E-state index in [1.807, 2.05) is 0 Å². The number of ketones is 3. The molecule has 0 N–H and O–H groups in total. The molecule has 0 atom stereocenters. The zero-order valence-electron chi connectivity index (χ0n) is 13.2. The molecule has 0 aromatic heterocycles. The van der Waals surface area contributed by atoms with Gasteiger partial charge in [-0.15, -0.1) is 11.8 Å². The van der Waals surface area contributed by atoms with Crippen molar-refractivity contribution < 1.29 is 22.8 Å². The van der Waals surface area contributed by atoms with Crippen molar-refractivity contribution in [2.45, 2.75) is 41.9 Å². The van der Waals surface area contributed by atoms with Gasteiger partial charge in [0.15, 0.2) is 17.3 Å². The first kappa shape index (κ1) is 19.1. The monoisotopic (exact) mass is 388 g/mol. The second-order valence-electron chi connectivity index (χ2n) is 5.64. The number of carbonyl (C=O) groups is 3. The Morgan fingerprint density at radius 2 is 1.83 bits per heavy atom. The molecule has 8 heteroatoms. The molecule has 0 radical (unpaired) electrons. The maximum absolute atomic E-state index is 12.2. The molecule has 0 heterocycles. The quantitative estimate of drug-likeness (QED) is 0.438. The average molecular weight is 389 g/mol. The second kappa shape index (κ2) is 7.37. The Morgan fingerprint density at radius 1 is 1.25 bits per heavy atom. The average Bonchev–Trinajstić information content (AvgIpc) is 2.52. The van der Waals surface area contributed by atoms with Crippen LogP contribution in [0.2, 0.25) is 0 Å². The first-order valence-corrected chi connectivity index (χ1v) is 10.9. The third-order valence-electron chi connectivity index (χ3n) is 4.13. The molecule has 1 aliphatic rings. The highest BCUT2D eigenvalue weighted by molar-refractivity contribution is 8.14. The van der Waals surface area contributed by atoms with Crippen molar-refractivity contribution in [2.75, 3.05) is 6.26 Å². The standard InChI is InChI=1S/C16H17ClO5S2/c1-3-11(18)16-12(19)6-10(7-13(16)20)9-4-5-14(23-2)15(8-9)24(17,21)22/h4-5,8,10,16H,3,6-7H2,1-2H3. The summed E-state index contributed by atoms with van der Waals surface area (Å²) in [7, 11) is 1.54. The lowest BCUT2D eigenvalue weighted by atomic mass is 9.75. The van der Waals surface area contributed by atoms with Crippen LogP contribution in [0.3, 0.4) is 0 Å². The smallest absolute Gasteiger partial charge is 0.262 e. The van der Waals surface area contributed by atoms with Gasteiger partial charge in [0.05, 0.1) is 4.90 Å². The predicted octanol–water partition coefficient (Wildman–Crippen LogP) is 2.95. The van der Waals surface area contributed by atoms with Crippen molar-refractivity contribution in [3.8, 4) is 0 Å². The Kier molecular flexibility index (Phi) is 5.88. The SMILES string of the molecule is CCC(=O)C1C(=O)CC(c2ccc(SC)c(S(=O)(=O)Cl)c2)CC1=O. The fraction of sp³-hybridized carbons (Fsp3) is 0.438. The van der Waals surface area contributed by atoms with Crippen LogP contribution in [-0.2, 0) is 23.4 Å². The van der Waals surface area contributed by atoms with Crippen LogP contribution in [0.25, 0.3) is 0 Å². The van der Waals surface area contributed by atoms with Crippen molar-refractivity contribution in [1.29, 1.82) is 0 Å². The summed E-state index contributed by atoms with van der Waals surface area (Å²) in [5, 5.41) is 0. The van der Waals surface area contributed by atoms with Crippen LogP contribution in [0.15, 0.2) is 28.0 Å². The molecule has 24 heavy (non-hydrogen) atoms. The number of benzene rings is 1. The number of Topliss-reactive ketones (excluding diaryl/α,β-unsaturated/α-hetero) is 3. The van der Waals surface area contributed by atoms with E-state index in [0.29, 0.717) is 10.5 Å². The van der Waals surface area contributed by atoms with Crippen LogP contribution in [0.4, 0.5) is 0 Å². The zero-order chi connectivity index (χ0) is 18.1. The fourth-order valence-corrected chi connectivity index (χ4v) is 5.06. The summed E-state index contributed by atoms with van der Waals surface area (Å²) in [5.74, 6) is -2.74. The molecule has 0 saturated heterocycles. The van der Waals surface area contributed by atoms with E-state index in [0.717, 1.165) is 0 Å². The van der Waals surface area contributed by atoms with E-state index in [1.54, 1.807) is 25.3 Å². The van der Waals surface area contributed by atoms with E-state index in [-0.39, 0.29) is 29.9 Å². The van der Waals surface area contributed by atoms with E-state index in [4.69, 9.17) is 10.7 Å². The van der Waals surface area contributed by atoms with Crippen molar-refractivity contribution in [3.05, 3.63) is 23.8 Å². The molecule has 130 valence electrons. The van der Waals surface area contributed by atoms with Gasteiger partial charge in [-0.05, 0) is 29.9 Å². The normalized spacial score (nSPS) is 21.8. The maximum atomic E-state index is 12.2. The van der Waals surface area contributed by atoms with Crippen LogP contribution in [-0.4, -0.2) is 32.0 Å². The highest BCUT2D eigenvalue weighted by Crippen LogP contribution is 2.36. The molecule has 5 nitrogen and oxygen atoms in total. The third-order valence-corrected chi connectivity index (χ3v) is 6.42. The van der Waals surface area contributed by atoms with Gasteiger partial charge in [-0.2, -0.15) is 0 Å². The summed E-state index contributed by atoms with van der Waals surface area (Å²) in [5.41, 5.74) is 0.566. The first-order valence-electron chi connectivity index (χ1n) is 7.39. The molecular weight excluding hydrogens is 372 g/mol. The van der Waals surface area contributed by atoms with Gasteiger partial charge in [-0.25, -0.2) is 8.42 Å². The largest absolute Gasteiger partial charge is 0.298 e. The lowest BCUT2D eigenvalue weighted by Crippen LogP contribution is -2.37. The summed E-state index contributed by atoms with van der Waals surface area (Å²) in [6.07, 6.45) is 1.96. The lowest BCUT2D eigenvalue weighted by Gasteiger charge is -2.26. The maximum Gasteiger partial charge on any atom is 0.262 e. The van der Waals surface area contributed by atoms with Gasteiger partial charge in [0.1, 0.15) is 5.92 Å². The molecule has 1 aliphatic carbocycles. The molecule has 1 aromatic carbocycles. The molecular formula is C16H17ClO5S2. The van der Waals surface area contributed by atoms with Crippen molar-refractivity contribution in [3.63, 3.8) is 0 Å². The Hall–Kier alpha value is -1.18. The molecule has 0 amide bonds. The van der Waals surface area contributed by atoms with E-state index < -0.39 is 32.5 Å². The van der Waals surface area contributed by atoms with Gasteiger partial charge in [0, 0.05) is 34.8 Å². The van der Waals surface area contributed by atoms with Crippen LogP contribution in [0.5, 0.6) is 0 Å². The second-order valence-corrected chi connectivity index (χ2v) is 9.02. The molecule has 2 rings (SSSR count). The molecule has 1 aromatic rings. The first-order chi connectivity index (χ1) is 11.2. The van der Waals surface area contributed by atoms with Crippen LogP contribution in [0, 0.1) is 5.92 Å². The Bertz CT molecular complexity index is 783. The summed E-state index contributed by atoms with van der Waals surface area (Å²) in [6, 6.07) is 4.74. The molecule has 0 aliphatic heterocycles. The number of halogens is 1. The number of hydrogen-bond acceptors (Lipinski definition) is 6. The molecule has 1 fully saturated rings. The van der Waals surface area contributed by atoms with Gasteiger partial charge in [0.25, 0.3) is 9.05 Å². The van der Waals surface area contributed by atoms with Crippen LogP contribution in [0.1, 0.15) is 37.7 Å². The molecule has 0 bridgehead atoms. The minimum Gasteiger partial charge on any atom is -0.298 e. The van der Waals surface area contributed by atoms with E-state index in [2.05, 4.69) is 0 Å². The summed E-state index contributed by atoms with van der Waals surface area (Å²) in [6.45, 7) is 1.62. The number of hydrogen-bond donors (Lipinski definition) is 0. The van der Waals surface area contributed by atoms with Gasteiger partial charge >= 0.3 is 0 Å². The lowest BCUT2D eigenvalue weighted by molar-refractivity contribution is -0.142. The molecule has 1 saturated carbocycles. The molecule has 0 unspecified atom stereocenters. The van der Waals surface area contributed by atoms with Crippen LogP contribution < -0.4 is 0 Å². The van der Waals surface area contributed by atoms with Crippen molar-refractivity contribution >= 4 is 48.8 Å². The fourth-order valence-electron chi connectivity index (χ4n) is 2.91. The van der Waals surface area contributed by atoms with Gasteiger partial charge in [-0.3, -0.25) is 14.4 Å². The van der Waals surface area contributed by atoms with E-state index >= 15 is 0 Å². The topological polar surface area (TPSA) is 85.3 Å². The summed E-state index contributed by atoms with van der Waals surface area (Å²) in [4.78, 5) is 36.6. The summed E-state index contributed by atoms with van der Waals surface area (Å²) >= 11 is 1.24. The predicted molar refractivity (Wildman–Crippen MR) is 92.0 cm³/mol. The van der Waals surface area contributed by atoms with Gasteiger partial charge < -0.3 is 0 Å². The molecule has 0 spiro atoms. The van der Waals surface area contributed by atoms with Gasteiger partial charge in [-0.1, -0.05) is 13.0 Å². The Morgan fingerprint density at radius 3 is 2.29 bits per heavy atom. The number of thioether (sulfide) groups is 1. The minimum atomic E-state index is -3.93. The summed E-state index contributed by atoms with van der Waals surface area (Å²) < 4.78 is 23.5. The number of rotatable bonds is 5. The van der Waals surface area contributed by atoms with Crippen LogP contribution >= 0.6 is 22.4 Å². The van der Waals surface area contributed by atoms with Gasteiger partial charge in [0.2, 0.25) is 0 Å². The number of carbonyl (C=O) groups excluding carboxylic acids is 3. The zero-order valence-corrected chi connectivity index (χ0v) is 15.6. The van der Waals surface area contributed by atoms with Crippen molar-refractivity contribution in [1.82, 2.24) is 0 Å². The van der Waals surface area contributed by atoms with E-state index in [9.17, 15) is 22.8 Å².